The molecular weight excluding hydrogens is 332 g/mol. The first kappa shape index (κ1) is 13.6. The predicted octanol–water partition coefficient (Wildman–Crippen LogP) is 3.31. The van der Waals surface area contributed by atoms with E-state index in [4.69, 9.17) is 0 Å². The number of thiophene rings is 1. The van der Waals surface area contributed by atoms with Gasteiger partial charge in [-0.3, -0.25) is 9.78 Å². The highest BCUT2D eigenvalue weighted by atomic mass is 79.9. The normalized spacial score (nSPS) is 10.3. The molecule has 0 bridgehead atoms. The summed E-state index contributed by atoms with van der Waals surface area (Å²) in [5.74, 6) is 0.470. The second-order valence-corrected chi connectivity index (χ2v) is 7.05. The van der Waals surface area contributed by atoms with E-state index in [0.717, 1.165) is 13.6 Å². The highest BCUT2D eigenvalue weighted by Crippen LogP contribution is 2.22. The van der Waals surface area contributed by atoms with Gasteiger partial charge in [-0.1, -0.05) is 0 Å². The van der Waals surface area contributed by atoms with Crippen LogP contribution in [-0.4, -0.2) is 16.6 Å². The van der Waals surface area contributed by atoms with Crippen LogP contribution in [0.4, 0.5) is 0 Å². The van der Waals surface area contributed by atoms with Crippen LogP contribution < -0.4 is 5.32 Å². The fourth-order valence-corrected chi connectivity index (χ4v) is 3.40. The van der Waals surface area contributed by atoms with E-state index in [0.29, 0.717) is 12.3 Å². The number of halogens is 1. The van der Waals surface area contributed by atoms with Gasteiger partial charge in [0.1, 0.15) is 0 Å². The lowest BCUT2D eigenvalue weighted by Gasteiger charge is -2.03. The Morgan fingerprint density at radius 2 is 2.11 bits per heavy atom. The Balaban J connectivity index is 1.73. The van der Waals surface area contributed by atoms with Crippen molar-refractivity contribution in [3.63, 3.8) is 0 Å². The summed E-state index contributed by atoms with van der Waals surface area (Å²) in [6, 6.07) is 7.78. The van der Waals surface area contributed by atoms with Crippen molar-refractivity contribution < 1.29 is 4.79 Å². The molecule has 6 heteroatoms. The lowest BCUT2D eigenvalue weighted by Crippen LogP contribution is -2.24. The number of aromatic nitrogens is 1. The smallest absolute Gasteiger partial charge is 0.230 e. The molecule has 2 rings (SSSR count). The molecule has 0 aliphatic heterocycles. The summed E-state index contributed by atoms with van der Waals surface area (Å²) in [7, 11) is 0. The molecule has 0 fully saturated rings. The van der Waals surface area contributed by atoms with Gasteiger partial charge in [0.2, 0.25) is 5.91 Å². The van der Waals surface area contributed by atoms with Crippen molar-refractivity contribution in [1.29, 1.82) is 0 Å². The molecule has 3 nitrogen and oxygen atoms in total. The molecule has 1 amide bonds. The van der Waals surface area contributed by atoms with E-state index in [1.165, 1.54) is 11.8 Å². The van der Waals surface area contributed by atoms with Crippen LogP contribution in [0.3, 0.4) is 0 Å². The van der Waals surface area contributed by atoms with E-state index in [9.17, 15) is 4.79 Å². The van der Waals surface area contributed by atoms with E-state index in [1.807, 2.05) is 24.3 Å². The first-order valence-electron chi connectivity index (χ1n) is 5.28. The van der Waals surface area contributed by atoms with Gasteiger partial charge in [0.25, 0.3) is 0 Å². The molecule has 94 valence electrons. The molecule has 2 aromatic rings. The van der Waals surface area contributed by atoms with Crippen molar-refractivity contribution in [2.45, 2.75) is 11.4 Å². The number of hydrogen-bond donors (Lipinski definition) is 1. The predicted molar refractivity (Wildman–Crippen MR) is 78.8 cm³/mol. The maximum absolute atomic E-state index is 11.6. The summed E-state index contributed by atoms with van der Waals surface area (Å²) in [4.78, 5) is 17.8. The van der Waals surface area contributed by atoms with Gasteiger partial charge in [-0.25, -0.2) is 0 Å². The van der Waals surface area contributed by atoms with Gasteiger partial charge >= 0.3 is 0 Å². The van der Waals surface area contributed by atoms with Gasteiger partial charge in [-0.2, -0.15) is 0 Å². The average Bonchev–Trinajstić information content (AvgIpc) is 2.81. The largest absolute Gasteiger partial charge is 0.350 e. The highest BCUT2D eigenvalue weighted by molar-refractivity contribution is 9.11. The number of thioether (sulfide) groups is 1. The molecular formula is C12H11BrN2OS2. The van der Waals surface area contributed by atoms with Crippen molar-refractivity contribution in [1.82, 2.24) is 10.3 Å². The summed E-state index contributed by atoms with van der Waals surface area (Å²) in [6.45, 7) is 0.589. The van der Waals surface area contributed by atoms with Crippen molar-refractivity contribution >= 4 is 44.9 Å². The Labute approximate surface area is 122 Å². The Morgan fingerprint density at radius 1 is 1.33 bits per heavy atom. The zero-order valence-corrected chi connectivity index (χ0v) is 12.6. The molecule has 0 aromatic carbocycles. The van der Waals surface area contributed by atoms with E-state index < -0.39 is 0 Å². The number of rotatable bonds is 5. The minimum atomic E-state index is 0.0429. The van der Waals surface area contributed by atoms with Crippen LogP contribution >= 0.6 is 39.0 Å². The van der Waals surface area contributed by atoms with E-state index in [-0.39, 0.29) is 5.91 Å². The van der Waals surface area contributed by atoms with Crippen LogP contribution in [0.5, 0.6) is 0 Å². The van der Waals surface area contributed by atoms with Crippen LogP contribution in [0.2, 0.25) is 0 Å². The third kappa shape index (κ3) is 4.44. The van der Waals surface area contributed by atoms with Gasteiger partial charge in [-0.05, 0) is 40.2 Å². The molecule has 2 aromatic heterocycles. The first-order chi connectivity index (χ1) is 8.74. The van der Waals surface area contributed by atoms with Gasteiger partial charge in [0.05, 0.1) is 16.1 Å². The summed E-state index contributed by atoms with van der Waals surface area (Å²) >= 11 is 6.54. The number of nitrogens with one attached hydrogen (secondary N) is 1. The quantitative estimate of drug-likeness (QED) is 0.847. The molecule has 0 atom stereocenters. The molecule has 0 spiro atoms. The molecule has 18 heavy (non-hydrogen) atoms. The standard InChI is InChI=1S/C12H11BrN2OS2/c13-11-2-1-10(18-11)7-15-12(16)8-17-9-3-5-14-6-4-9/h1-6H,7-8H2,(H,15,16). The molecule has 0 unspecified atom stereocenters. The lowest BCUT2D eigenvalue weighted by atomic mass is 10.4. The van der Waals surface area contributed by atoms with Gasteiger partial charge < -0.3 is 5.32 Å². The number of nitrogens with zero attached hydrogens (tertiary/aromatic N) is 1. The Hall–Kier alpha value is -0.850. The molecule has 0 saturated carbocycles. The summed E-state index contributed by atoms with van der Waals surface area (Å²) in [5, 5.41) is 2.90. The number of hydrogen-bond acceptors (Lipinski definition) is 4. The van der Waals surface area contributed by atoms with Crippen LogP contribution in [0.1, 0.15) is 4.88 Å². The van der Waals surface area contributed by atoms with Crippen LogP contribution in [0.25, 0.3) is 0 Å². The summed E-state index contributed by atoms with van der Waals surface area (Å²) in [5.41, 5.74) is 0. The van der Waals surface area contributed by atoms with Crippen LogP contribution in [-0.2, 0) is 11.3 Å². The van der Waals surface area contributed by atoms with Gasteiger partial charge in [-0.15, -0.1) is 23.1 Å². The minimum absolute atomic E-state index is 0.0429. The average molecular weight is 343 g/mol. The van der Waals surface area contributed by atoms with Crippen LogP contribution in [0.15, 0.2) is 45.3 Å². The summed E-state index contributed by atoms with van der Waals surface area (Å²) in [6.07, 6.45) is 3.45. The molecule has 0 aliphatic rings. The van der Waals surface area contributed by atoms with Crippen molar-refractivity contribution in [2.75, 3.05) is 5.75 Å². The first-order valence-corrected chi connectivity index (χ1v) is 7.87. The number of amides is 1. The fraction of sp³-hybridized carbons (Fsp3) is 0.167. The third-order valence-corrected chi connectivity index (χ3v) is 4.74. The highest BCUT2D eigenvalue weighted by Gasteiger charge is 2.04. The minimum Gasteiger partial charge on any atom is -0.350 e. The second kappa shape index (κ2) is 6.92. The maximum Gasteiger partial charge on any atom is 0.230 e. The molecule has 0 saturated heterocycles. The lowest BCUT2D eigenvalue weighted by molar-refractivity contribution is -0.118. The fourth-order valence-electron chi connectivity index (χ4n) is 1.27. The second-order valence-electron chi connectivity index (χ2n) is 3.45. The molecule has 0 aliphatic carbocycles. The van der Waals surface area contributed by atoms with Crippen molar-refractivity contribution in [3.05, 3.63) is 45.3 Å². The molecule has 0 radical (unpaired) electrons. The zero-order chi connectivity index (χ0) is 12.8. The molecule has 2 heterocycles. The van der Waals surface area contributed by atoms with E-state index in [2.05, 4.69) is 26.2 Å². The third-order valence-electron chi connectivity index (χ3n) is 2.11. The monoisotopic (exact) mass is 342 g/mol. The molecule has 1 N–H and O–H groups in total. The summed E-state index contributed by atoms with van der Waals surface area (Å²) < 4.78 is 1.08. The zero-order valence-electron chi connectivity index (χ0n) is 9.43. The maximum atomic E-state index is 11.6. The SMILES string of the molecule is O=C(CSc1ccncc1)NCc1ccc(Br)s1. The van der Waals surface area contributed by atoms with Gasteiger partial charge in [0.15, 0.2) is 0 Å². The Bertz CT molecular complexity index is 516. The van der Waals surface area contributed by atoms with Crippen LogP contribution in [0, 0.1) is 0 Å². The number of pyridine rings is 1. The van der Waals surface area contributed by atoms with Crippen molar-refractivity contribution in [3.8, 4) is 0 Å². The van der Waals surface area contributed by atoms with Crippen molar-refractivity contribution in [2.24, 2.45) is 0 Å². The Kier molecular flexibility index (Phi) is 5.22. The van der Waals surface area contributed by atoms with E-state index in [1.54, 1.807) is 23.7 Å². The number of carbonyl (C=O) groups is 1. The van der Waals surface area contributed by atoms with E-state index >= 15 is 0 Å². The van der Waals surface area contributed by atoms with Gasteiger partial charge in [0, 0.05) is 22.2 Å². The number of carbonyl (C=O) groups excluding carboxylic acids is 1. The Morgan fingerprint density at radius 3 is 2.78 bits per heavy atom. The topological polar surface area (TPSA) is 42.0 Å².